The second-order valence-electron chi connectivity index (χ2n) is 8.75. The number of ether oxygens (including phenoxy) is 2. The second kappa shape index (κ2) is 11.7. The number of piperidine rings is 1. The average molecular weight is 464 g/mol. The molecule has 2 fully saturated rings. The van der Waals surface area contributed by atoms with E-state index in [0.717, 1.165) is 57.7 Å². The van der Waals surface area contributed by atoms with E-state index in [4.69, 9.17) is 9.47 Å². The molecule has 0 aromatic heterocycles. The molecular formula is C27H33N3O4. The molecule has 0 aliphatic carbocycles. The van der Waals surface area contributed by atoms with Gasteiger partial charge in [-0.05, 0) is 49.1 Å². The van der Waals surface area contributed by atoms with Crippen molar-refractivity contribution < 1.29 is 19.1 Å². The molecule has 0 spiro atoms. The Morgan fingerprint density at radius 2 is 1.59 bits per heavy atom. The van der Waals surface area contributed by atoms with Crippen molar-refractivity contribution in [2.75, 3.05) is 46.4 Å². The van der Waals surface area contributed by atoms with E-state index in [0.29, 0.717) is 24.4 Å². The van der Waals surface area contributed by atoms with E-state index in [9.17, 15) is 9.59 Å². The number of ketones is 1. The van der Waals surface area contributed by atoms with Gasteiger partial charge in [-0.3, -0.25) is 9.69 Å². The number of amides is 1. The molecule has 2 aromatic rings. The van der Waals surface area contributed by atoms with Crippen molar-refractivity contribution in [2.24, 2.45) is 0 Å². The maximum Gasteiger partial charge on any atom is 0.415 e. The van der Waals surface area contributed by atoms with E-state index in [1.54, 1.807) is 42.4 Å². The number of nitrogens with zero attached hydrogens (tertiary/aromatic N) is 3. The summed E-state index contributed by atoms with van der Waals surface area (Å²) in [7, 11) is 1.67. The number of carbonyl (C=O) groups is 2. The number of rotatable bonds is 7. The number of hydrogen-bond acceptors (Lipinski definition) is 6. The number of para-hydroxylation sites is 1. The van der Waals surface area contributed by atoms with Crippen LogP contribution in [0.5, 0.6) is 11.5 Å². The molecule has 2 aliphatic rings. The first-order chi connectivity index (χ1) is 16.6. The predicted octanol–water partition coefficient (Wildman–Crippen LogP) is 4.19. The fourth-order valence-electron chi connectivity index (χ4n) is 4.32. The molecule has 7 nitrogen and oxygen atoms in total. The van der Waals surface area contributed by atoms with Gasteiger partial charge in [0.15, 0.2) is 5.78 Å². The quantitative estimate of drug-likeness (QED) is 0.453. The molecule has 0 atom stereocenters. The molecule has 4 rings (SSSR count). The highest BCUT2D eigenvalue weighted by atomic mass is 16.6. The lowest BCUT2D eigenvalue weighted by atomic mass is 10.1. The maximum atomic E-state index is 12.9. The van der Waals surface area contributed by atoms with Crippen molar-refractivity contribution in [1.29, 1.82) is 0 Å². The summed E-state index contributed by atoms with van der Waals surface area (Å²) < 4.78 is 10.8. The van der Waals surface area contributed by atoms with Gasteiger partial charge in [0.1, 0.15) is 11.5 Å². The fourth-order valence-corrected chi connectivity index (χ4v) is 4.32. The molecular weight excluding hydrogens is 430 g/mol. The summed E-state index contributed by atoms with van der Waals surface area (Å²) in [4.78, 5) is 31.7. The van der Waals surface area contributed by atoms with Crippen LogP contribution in [0.3, 0.4) is 0 Å². The van der Waals surface area contributed by atoms with Crippen molar-refractivity contribution in [1.82, 2.24) is 14.7 Å². The third kappa shape index (κ3) is 6.38. The summed E-state index contributed by atoms with van der Waals surface area (Å²) in [5.74, 6) is 1.02. The van der Waals surface area contributed by atoms with Crippen LogP contribution in [0.2, 0.25) is 0 Å². The number of likely N-dealkylation sites (tertiary alicyclic amines) is 1. The van der Waals surface area contributed by atoms with E-state index in [-0.39, 0.29) is 11.9 Å². The summed E-state index contributed by atoms with van der Waals surface area (Å²) in [5.41, 5.74) is 1.66. The number of hydrogen-bond donors (Lipinski definition) is 0. The monoisotopic (exact) mass is 463 g/mol. The Hall–Kier alpha value is -3.32. The molecule has 0 saturated carbocycles. The van der Waals surface area contributed by atoms with Gasteiger partial charge in [0, 0.05) is 58.1 Å². The summed E-state index contributed by atoms with van der Waals surface area (Å²) in [6.45, 7) is 5.87. The van der Waals surface area contributed by atoms with Crippen molar-refractivity contribution in [3.05, 3.63) is 71.9 Å². The zero-order chi connectivity index (χ0) is 23.8. The van der Waals surface area contributed by atoms with E-state index in [2.05, 4.69) is 21.9 Å². The molecule has 7 heteroatoms. The highest BCUT2D eigenvalue weighted by molar-refractivity contribution is 6.06. The van der Waals surface area contributed by atoms with Gasteiger partial charge < -0.3 is 19.3 Å². The fraction of sp³-hybridized carbons (Fsp3) is 0.407. The zero-order valence-electron chi connectivity index (χ0n) is 19.8. The number of benzene rings is 2. The topological polar surface area (TPSA) is 62.3 Å². The van der Waals surface area contributed by atoms with Crippen molar-refractivity contribution in [2.45, 2.75) is 25.8 Å². The third-order valence-electron chi connectivity index (χ3n) is 6.37. The van der Waals surface area contributed by atoms with E-state index < -0.39 is 0 Å². The Morgan fingerprint density at radius 1 is 0.882 bits per heavy atom. The molecule has 0 bridgehead atoms. The molecule has 2 saturated heterocycles. The summed E-state index contributed by atoms with van der Waals surface area (Å²) >= 11 is 0. The Labute approximate surface area is 201 Å². The molecule has 180 valence electrons. The van der Waals surface area contributed by atoms with Crippen LogP contribution < -0.4 is 9.47 Å². The van der Waals surface area contributed by atoms with Gasteiger partial charge in [0.2, 0.25) is 0 Å². The second-order valence-corrected chi connectivity index (χ2v) is 8.75. The molecule has 2 heterocycles. The van der Waals surface area contributed by atoms with Crippen molar-refractivity contribution in [3.63, 3.8) is 0 Å². The SMILES string of the molecule is COc1ccc(CN2CCN(C=CC(=O)c3ccccc3OC(=O)N3CCCCC3)CC2)cc1. The number of piperazine rings is 1. The van der Waals surface area contributed by atoms with Crippen molar-refractivity contribution >= 4 is 11.9 Å². The van der Waals surface area contributed by atoms with Gasteiger partial charge in [-0.15, -0.1) is 0 Å². The van der Waals surface area contributed by atoms with Crippen molar-refractivity contribution in [3.8, 4) is 11.5 Å². The maximum absolute atomic E-state index is 12.9. The van der Waals surface area contributed by atoms with E-state index in [1.807, 2.05) is 18.3 Å². The number of allylic oxidation sites excluding steroid dienone is 1. The van der Waals surface area contributed by atoms with Crippen LogP contribution >= 0.6 is 0 Å². The molecule has 0 radical (unpaired) electrons. The first-order valence-corrected chi connectivity index (χ1v) is 12.0. The van der Waals surface area contributed by atoms with Gasteiger partial charge in [0.25, 0.3) is 0 Å². The number of methoxy groups -OCH3 is 1. The minimum atomic E-state index is -0.378. The standard InChI is InChI=1S/C27H33N3O4/c1-33-23-11-9-22(10-12-23)21-29-19-17-28(18-20-29)16-13-25(31)24-7-3-4-8-26(24)34-27(32)30-14-5-2-6-15-30/h3-4,7-13,16H,2,5-6,14-15,17-21H2,1H3. The smallest absolute Gasteiger partial charge is 0.415 e. The minimum absolute atomic E-state index is 0.164. The largest absolute Gasteiger partial charge is 0.497 e. The van der Waals surface area contributed by atoms with E-state index in [1.165, 1.54) is 5.56 Å². The Balaban J connectivity index is 1.29. The summed E-state index contributed by atoms with van der Waals surface area (Å²) in [6.07, 6.45) is 6.18. The van der Waals surface area contributed by atoms with Gasteiger partial charge in [-0.2, -0.15) is 0 Å². The predicted molar refractivity (Wildman–Crippen MR) is 131 cm³/mol. The van der Waals surface area contributed by atoms with Crippen LogP contribution in [-0.2, 0) is 6.54 Å². The van der Waals surface area contributed by atoms with Gasteiger partial charge in [-0.25, -0.2) is 4.79 Å². The molecule has 0 unspecified atom stereocenters. The lowest BCUT2D eigenvalue weighted by molar-refractivity contribution is 0.103. The lowest BCUT2D eigenvalue weighted by Crippen LogP contribution is -2.43. The third-order valence-corrected chi connectivity index (χ3v) is 6.37. The molecule has 2 aliphatic heterocycles. The Kier molecular flexibility index (Phi) is 8.20. The van der Waals surface area contributed by atoms with Crippen LogP contribution in [0, 0.1) is 0 Å². The first-order valence-electron chi connectivity index (χ1n) is 12.0. The van der Waals surface area contributed by atoms with Crippen LogP contribution in [0.4, 0.5) is 4.79 Å². The van der Waals surface area contributed by atoms with Crippen LogP contribution in [0.25, 0.3) is 0 Å². The Morgan fingerprint density at radius 3 is 2.29 bits per heavy atom. The van der Waals surface area contributed by atoms with Gasteiger partial charge in [0.05, 0.1) is 12.7 Å². The lowest BCUT2D eigenvalue weighted by Gasteiger charge is -2.34. The molecule has 0 N–H and O–H groups in total. The van der Waals surface area contributed by atoms with Gasteiger partial charge >= 0.3 is 6.09 Å². The highest BCUT2D eigenvalue weighted by Crippen LogP contribution is 2.21. The number of carbonyl (C=O) groups excluding carboxylic acids is 2. The average Bonchev–Trinajstić information content (AvgIpc) is 2.89. The molecule has 34 heavy (non-hydrogen) atoms. The summed E-state index contributed by atoms with van der Waals surface area (Å²) in [5, 5.41) is 0. The highest BCUT2D eigenvalue weighted by Gasteiger charge is 2.21. The Bertz CT molecular complexity index is 991. The zero-order valence-corrected chi connectivity index (χ0v) is 19.8. The van der Waals surface area contributed by atoms with Gasteiger partial charge in [-0.1, -0.05) is 24.3 Å². The van der Waals surface area contributed by atoms with E-state index >= 15 is 0 Å². The summed E-state index contributed by atoms with van der Waals surface area (Å²) in [6, 6.07) is 15.1. The van der Waals surface area contributed by atoms with Crippen LogP contribution in [-0.4, -0.2) is 73.0 Å². The normalized spacial score (nSPS) is 17.1. The first kappa shape index (κ1) is 23.8. The molecule has 2 aromatic carbocycles. The van der Waals surface area contributed by atoms with Crippen LogP contribution in [0.15, 0.2) is 60.8 Å². The van der Waals surface area contributed by atoms with Crippen LogP contribution in [0.1, 0.15) is 35.2 Å². The minimum Gasteiger partial charge on any atom is -0.497 e. The molecule has 1 amide bonds.